The maximum atomic E-state index is 5.71. The number of nitrogens with one attached hydrogen (secondary N) is 1. The van der Waals surface area contributed by atoms with Gasteiger partial charge in [-0.1, -0.05) is 25.5 Å². The van der Waals surface area contributed by atoms with Gasteiger partial charge in [0, 0.05) is 21.8 Å². The standard InChI is InChI=1S/C17H22BrNOS/c1-3-4-10-20-14-7-5-13(6-8-14)16(19-2)12-17-15(18)9-11-21-17/h5-9,11,16,19H,3-4,10,12H2,1-2H3. The van der Waals surface area contributed by atoms with Crippen molar-refractivity contribution in [3.63, 3.8) is 0 Å². The highest BCUT2D eigenvalue weighted by molar-refractivity contribution is 9.10. The predicted molar refractivity (Wildman–Crippen MR) is 94.4 cm³/mol. The Labute approximate surface area is 139 Å². The first-order valence-corrected chi connectivity index (χ1v) is 9.03. The Morgan fingerprint density at radius 1 is 1.24 bits per heavy atom. The third kappa shape index (κ3) is 4.83. The third-order valence-corrected chi connectivity index (χ3v) is 5.43. The summed E-state index contributed by atoms with van der Waals surface area (Å²) in [6.07, 6.45) is 3.26. The second-order valence-electron chi connectivity index (χ2n) is 5.01. The maximum absolute atomic E-state index is 5.71. The summed E-state index contributed by atoms with van der Waals surface area (Å²) in [6.45, 7) is 2.97. The molecule has 0 fully saturated rings. The van der Waals surface area contributed by atoms with Crippen molar-refractivity contribution in [1.82, 2.24) is 5.32 Å². The Bertz CT molecular complexity index is 538. The number of hydrogen-bond donors (Lipinski definition) is 1. The molecule has 2 aromatic rings. The van der Waals surface area contributed by atoms with Gasteiger partial charge in [0.05, 0.1) is 6.61 Å². The molecule has 1 atom stereocenters. The number of hydrogen-bond acceptors (Lipinski definition) is 3. The average Bonchev–Trinajstić information content (AvgIpc) is 2.91. The van der Waals surface area contributed by atoms with Crippen molar-refractivity contribution in [3.8, 4) is 5.75 Å². The molecule has 1 unspecified atom stereocenters. The average molecular weight is 368 g/mol. The summed E-state index contributed by atoms with van der Waals surface area (Å²) >= 11 is 5.40. The molecule has 2 rings (SSSR count). The van der Waals surface area contributed by atoms with Crippen LogP contribution in [0.3, 0.4) is 0 Å². The molecule has 2 nitrogen and oxygen atoms in total. The summed E-state index contributed by atoms with van der Waals surface area (Å²) in [7, 11) is 2.01. The Morgan fingerprint density at radius 3 is 2.57 bits per heavy atom. The smallest absolute Gasteiger partial charge is 0.119 e. The van der Waals surface area contributed by atoms with Crippen molar-refractivity contribution in [2.24, 2.45) is 0 Å². The Balaban J connectivity index is 2.00. The molecule has 0 bridgehead atoms. The van der Waals surface area contributed by atoms with E-state index in [0.717, 1.165) is 31.6 Å². The molecular weight excluding hydrogens is 346 g/mol. The van der Waals surface area contributed by atoms with Gasteiger partial charge < -0.3 is 10.1 Å². The molecule has 0 aliphatic rings. The SMILES string of the molecule is CCCCOc1ccc(C(Cc2sccc2Br)NC)cc1. The zero-order chi connectivity index (χ0) is 15.1. The summed E-state index contributed by atoms with van der Waals surface area (Å²) in [5.41, 5.74) is 1.29. The second-order valence-corrected chi connectivity index (χ2v) is 6.86. The van der Waals surface area contributed by atoms with E-state index < -0.39 is 0 Å². The minimum atomic E-state index is 0.324. The van der Waals surface area contributed by atoms with E-state index in [1.807, 2.05) is 7.05 Å². The summed E-state index contributed by atoms with van der Waals surface area (Å²) < 4.78 is 6.92. The van der Waals surface area contributed by atoms with E-state index in [2.05, 4.69) is 63.9 Å². The van der Waals surface area contributed by atoms with E-state index in [9.17, 15) is 0 Å². The molecule has 0 amide bonds. The van der Waals surface area contributed by atoms with Gasteiger partial charge in [-0.15, -0.1) is 11.3 Å². The number of ether oxygens (including phenoxy) is 1. The molecule has 0 aliphatic heterocycles. The first-order chi connectivity index (χ1) is 10.2. The van der Waals surface area contributed by atoms with Gasteiger partial charge in [-0.2, -0.15) is 0 Å². The van der Waals surface area contributed by atoms with E-state index in [4.69, 9.17) is 4.74 Å². The molecule has 0 saturated heterocycles. The molecule has 114 valence electrons. The fourth-order valence-corrected chi connectivity index (χ4v) is 3.73. The molecule has 0 radical (unpaired) electrons. The predicted octanol–water partition coefficient (Wildman–Crippen LogP) is 5.19. The Kier molecular flexibility index (Phi) is 6.74. The zero-order valence-electron chi connectivity index (χ0n) is 12.6. The van der Waals surface area contributed by atoms with Crippen molar-refractivity contribution in [2.45, 2.75) is 32.2 Å². The van der Waals surface area contributed by atoms with Crippen molar-refractivity contribution < 1.29 is 4.74 Å². The maximum Gasteiger partial charge on any atom is 0.119 e. The van der Waals surface area contributed by atoms with E-state index in [1.54, 1.807) is 11.3 Å². The van der Waals surface area contributed by atoms with Gasteiger partial charge in [-0.25, -0.2) is 0 Å². The molecule has 0 spiro atoms. The number of halogens is 1. The van der Waals surface area contributed by atoms with Gasteiger partial charge in [0.25, 0.3) is 0 Å². The van der Waals surface area contributed by atoms with Crippen LogP contribution in [0.15, 0.2) is 40.2 Å². The lowest BCUT2D eigenvalue weighted by Crippen LogP contribution is -2.18. The van der Waals surface area contributed by atoms with Crippen LogP contribution in [0.2, 0.25) is 0 Å². The fraction of sp³-hybridized carbons (Fsp3) is 0.412. The fourth-order valence-electron chi connectivity index (χ4n) is 2.17. The molecular formula is C17H22BrNOS. The Hall–Kier alpha value is -0.840. The van der Waals surface area contributed by atoms with E-state index in [-0.39, 0.29) is 0 Å². The monoisotopic (exact) mass is 367 g/mol. The van der Waals surface area contributed by atoms with Crippen LogP contribution < -0.4 is 10.1 Å². The highest BCUT2D eigenvalue weighted by Gasteiger charge is 2.13. The number of benzene rings is 1. The minimum absolute atomic E-state index is 0.324. The highest BCUT2D eigenvalue weighted by atomic mass is 79.9. The van der Waals surface area contributed by atoms with Crippen LogP contribution in [0.1, 0.15) is 36.2 Å². The lowest BCUT2D eigenvalue weighted by atomic mass is 10.0. The van der Waals surface area contributed by atoms with Crippen LogP contribution in [0, 0.1) is 0 Å². The molecule has 1 aromatic carbocycles. The van der Waals surface area contributed by atoms with Crippen molar-refractivity contribution in [1.29, 1.82) is 0 Å². The van der Waals surface area contributed by atoms with Gasteiger partial charge >= 0.3 is 0 Å². The van der Waals surface area contributed by atoms with Gasteiger partial charge in [0.1, 0.15) is 5.75 Å². The van der Waals surface area contributed by atoms with Crippen molar-refractivity contribution in [2.75, 3.05) is 13.7 Å². The molecule has 21 heavy (non-hydrogen) atoms. The summed E-state index contributed by atoms with van der Waals surface area (Å²) in [6, 6.07) is 10.9. The van der Waals surface area contributed by atoms with Crippen LogP contribution in [-0.4, -0.2) is 13.7 Å². The first kappa shape index (κ1) is 16.5. The van der Waals surface area contributed by atoms with E-state index in [0.29, 0.717) is 6.04 Å². The number of likely N-dealkylation sites (N-methyl/N-ethyl adjacent to an activating group) is 1. The zero-order valence-corrected chi connectivity index (χ0v) is 15.0. The topological polar surface area (TPSA) is 21.3 Å². The van der Waals surface area contributed by atoms with Crippen molar-refractivity contribution in [3.05, 3.63) is 50.6 Å². The number of rotatable bonds is 8. The molecule has 1 aromatic heterocycles. The Morgan fingerprint density at radius 2 is 2.00 bits per heavy atom. The normalized spacial score (nSPS) is 12.3. The lowest BCUT2D eigenvalue weighted by molar-refractivity contribution is 0.309. The number of unbranched alkanes of at least 4 members (excludes halogenated alkanes) is 1. The summed E-state index contributed by atoms with van der Waals surface area (Å²) in [5.74, 6) is 0.958. The molecule has 0 aliphatic carbocycles. The van der Waals surface area contributed by atoms with Crippen LogP contribution >= 0.6 is 27.3 Å². The van der Waals surface area contributed by atoms with Gasteiger partial charge in [-0.05, 0) is 58.5 Å². The molecule has 4 heteroatoms. The highest BCUT2D eigenvalue weighted by Crippen LogP contribution is 2.28. The second kappa shape index (κ2) is 8.57. The molecule has 1 heterocycles. The van der Waals surface area contributed by atoms with Gasteiger partial charge in [0.2, 0.25) is 0 Å². The van der Waals surface area contributed by atoms with Gasteiger partial charge in [-0.3, -0.25) is 0 Å². The van der Waals surface area contributed by atoms with E-state index in [1.165, 1.54) is 14.9 Å². The molecule has 0 saturated carbocycles. The van der Waals surface area contributed by atoms with E-state index >= 15 is 0 Å². The first-order valence-electron chi connectivity index (χ1n) is 7.36. The van der Waals surface area contributed by atoms with Crippen LogP contribution in [-0.2, 0) is 6.42 Å². The van der Waals surface area contributed by atoms with Crippen LogP contribution in [0.4, 0.5) is 0 Å². The van der Waals surface area contributed by atoms with Crippen LogP contribution in [0.5, 0.6) is 5.75 Å². The number of thiophene rings is 1. The summed E-state index contributed by atoms with van der Waals surface area (Å²) in [4.78, 5) is 1.37. The van der Waals surface area contributed by atoms with Gasteiger partial charge in [0.15, 0.2) is 0 Å². The lowest BCUT2D eigenvalue weighted by Gasteiger charge is -2.17. The van der Waals surface area contributed by atoms with Crippen molar-refractivity contribution >= 4 is 27.3 Å². The quantitative estimate of drug-likeness (QED) is 0.647. The largest absolute Gasteiger partial charge is 0.494 e. The molecule has 1 N–H and O–H groups in total. The minimum Gasteiger partial charge on any atom is -0.494 e. The summed E-state index contributed by atoms with van der Waals surface area (Å²) in [5, 5.41) is 5.52. The third-order valence-electron chi connectivity index (χ3n) is 3.48. The van der Waals surface area contributed by atoms with Crippen LogP contribution in [0.25, 0.3) is 0 Å².